The summed E-state index contributed by atoms with van der Waals surface area (Å²) in [6, 6.07) is 10.6. The van der Waals surface area contributed by atoms with Crippen LogP contribution in [0.5, 0.6) is 0 Å². The Morgan fingerprint density at radius 1 is 1.04 bits per heavy atom. The third kappa shape index (κ3) is 4.70. The van der Waals surface area contributed by atoms with Gasteiger partial charge in [0.2, 0.25) is 5.91 Å². The standard InChI is InChI=1S/C16H17N3O4/c1-17-14(20)10-18-15(21)11-23-16(22)12-4-6-13(7-5-12)19-8-2-3-9-19/h2-9H,10-11H2,1H3,(H,17,20)(H,18,21). The number of carbonyl (C=O) groups excluding carboxylic acids is 3. The summed E-state index contributed by atoms with van der Waals surface area (Å²) in [5.74, 6) is -1.46. The number of esters is 1. The Balaban J connectivity index is 1.84. The van der Waals surface area contributed by atoms with Crippen molar-refractivity contribution < 1.29 is 19.1 Å². The number of benzene rings is 1. The molecule has 7 nitrogen and oxygen atoms in total. The van der Waals surface area contributed by atoms with E-state index >= 15 is 0 Å². The molecule has 2 amide bonds. The predicted molar refractivity (Wildman–Crippen MR) is 83.1 cm³/mol. The number of nitrogens with one attached hydrogen (secondary N) is 2. The van der Waals surface area contributed by atoms with Crippen molar-refractivity contribution in [1.82, 2.24) is 15.2 Å². The molecule has 1 aromatic carbocycles. The normalized spacial score (nSPS) is 9.96. The van der Waals surface area contributed by atoms with Gasteiger partial charge in [-0.05, 0) is 36.4 Å². The van der Waals surface area contributed by atoms with Gasteiger partial charge < -0.3 is 19.9 Å². The molecule has 120 valence electrons. The van der Waals surface area contributed by atoms with Crippen molar-refractivity contribution >= 4 is 17.8 Å². The van der Waals surface area contributed by atoms with Crippen LogP contribution in [0.3, 0.4) is 0 Å². The maximum atomic E-state index is 11.9. The summed E-state index contributed by atoms with van der Waals surface area (Å²) in [7, 11) is 1.46. The van der Waals surface area contributed by atoms with Gasteiger partial charge in [-0.25, -0.2) is 4.79 Å². The van der Waals surface area contributed by atoms with Crippen molar-refractivity contribution in [2.45, 2.75) is 0 Å². The largest absolute Gasteiger partial charge is 0.452 e. The van der Waals surface area contributed by atoms with Gasteiger partial charge in [-0.2, -0.15) is 0 Å². The lowest BCUT2D eigenvalue weighted by Crippen LogP contribution is -2.37. The third-order valence-corrected chi connectivity index (χ3v) is 3.06. The molecule has 7 heteroatoms. The SMILES string of the molecule is CNC(=O)CNC(=O)COC(=O)c1ccc(-n2cccc2)cc1. The summed E-state index contributed by atoms with van der Waals surface area (Å²) in [5, 5.41) is 4.70. The average Bonchev–Trinajstić information content (AvgIpc) is 3.12. The van der Waals surface area contributed by atoms with Crippen LogP contribution >= 0.6 is 0 Å². The molecule has 0 aliphatic rings. The molecule has 1 heterocycles. The molecular formula is C16H17N3O4. The molecule has 0 fully saturated rings. The van der Waals surface area contributed by atoms with Gasteiger partial charge in [-0.1, -0.05) is 0 Å². The molecule has 23 heavy (non-hydrogen) atoms. The topological polar surface area (TPSA) is 89.4 Å². The Bertz CT molecular complexity index is 678. The summed E-state index contributed by atoms with van der Waals surface area (Å²) in [5.41, 5.74) is 1.26. The number of ether oxygens (including phenoxy) is 1. The molecule has 0 saturated heterocycles. The highest BCUT2D eigenvalue weighted by atomic mass is 16.5. The Kier molecular flexibility index (Phi) is 5.51. The second-order valence-electron chi connectivity index (χ2n) is 4.66. The van der Waals surface area contributed by atoms with Crippen LogP contribution in [-0.2, 0) is 14.3 Å². The fourth-order valence-corrected chi connectivity index (χ4v) is 1.81. The number of amides is 2. The summed E-state index contributed by atoms with van der Waals surface area (Å²) >= 11 is 0. The second-order valence-corrected chi connectivity index (χ2v) is 4.66. The van der Waals surface area contributed by atoms with Gasteiger partial charge in [0.15, 0.2) is 6.61 Å². The van der Waals surface area contributed by atoms with Crippen molar-refractivity contribution in [3.63, 3.8) is 0 Å². The van der Waals surface area contributed by atoms with Crippen LogP contribution in [0.25, 0.3) is 5.69 Å². The van der Waals surface area contributed by atoms with Crippen molar-refractivity contribution in [2.24, 2.45) is 0 Å². The lowest BCUT2D eigenvalue weighted by atomic mass is 10.2. The number of hydrogen-bond acceptors (Lipinski definition) is 4. The first kappa shape index (κ1) is 16.3. The van der Waals surface area contributed by atoms with E-state index in [9.17, 15) is 14.4 Å². The van der Waals surface area contributed by atoms with E-state index in [2.05, 4.69) is 10.6 Å². The van der Waals surface area contributed by atoms with E-state index < -0.39 is 18.5 Å². The minimum absolute atomic E-state index is 0.154. The second kappa shape index (κ2) is 7.79. The Morgan fingerprint density at radius 3 is 2.30 bits per heavy atom. The number of hydrogen-bond donors (Lipinski definition) is 2. The molecule has 0 bridgehead atoms. The van der Waals surface area contributed by atoms with Gasteiger partial charge in [0.05, 0.1) is 12.1 Å². The molecule has 0 atom stereocenters. The van der Waals surface area contributed by atoms with E-state index in [4.69, 9.17) is 4.74 Å². The quantitative estimate of drug-likeness (QED) is 0.760. The molecule has 0 spiro atoms. The first-order valence-electron chi connectivity index (χ1n) is 6.98. The first-order valence-corrected chi connectivity index (χ1v) is 6.98. The van der Waals surface area contributed by atoms with Gasteiger partial charge in [0, 0.05) is 25.1 Å². The first-order chi connectivity index (χ1) is 11.1. The molecule has 0 aliphatic heterocycles. The molecule has 0 saturated carbocycles. The number of rotatable bonds is 6. The van der Waals surface area contributed by atoms with Crippen molar-refractivity contribution in [2.75, 3.05) is 20.2 Å². The van der Waals surface area contributed by atoms with E-state index in [1.807, 2.05) is 29.1 Å². The zero-order valence-corrected chi connectivity index (χ0v) is 12.6. The zero-order chi connectivity index (χ0) is 16.7. The number of nitrogens with zero attached hydrogens (tertiary/aromatic N) is 1. The Hall–Kier alpha value is -3.09. The van der Waals surface area contributed by atoms with Crippen LogP contribution in [-0.4, -0.2) is 42.6 Å². The van der Waals surface area contributed by atoms with Gasteiger partial charge in [0.1, 0.15) is 0 Å². The van der Waals surface area contributed by atoms with Gasteiger partial charge in [-0.15, -0.1) is 0 Å². The smallest absolute Gasteiger partial charge is 0.338 e. The zero-order valence-electron chi connectivity index (χ0n) is 12.6. The molecular weight excluding hydrogens is 298 g/mol. The molecule has 0 unspecified atom stereocenters. The van der Waals surface area contributed by atoms with E-state index in [0.717, 1.165) is 5.69 Å². The molecule has 0 radical (unpaired) electrons. The predicted octanol–water partition coefficient (Wildman–Crippen LogP) is 0.496. The number of likely N-dealkylation sites (N-methyl/N-ethyl adjacent to an activating group) is 1. The van der Waals surface area contributed by atoms with Crippen LogP contribution < -0.4 is 10.6 Å². The average molecular weight is 315 g/mol. The van der Waals surface area contributed by atoms with Crippen LogP contribution in [0.4, 0.5) is 0 Å². The summed E-state index contributed by atoms with van der Waals surface area (Å²) in [6.07, 6.45) is 3.79. The molecule has 1 aromatic heterocycles. The monoisotopic (exact) mass is 315 g/mol. The van der Waals surface area contributed by atoms with Crippen LogP contribution in [0.1, 0.15) is 10.4 Å². The highest BCUT2D eigenvalue weighted by Crippen LogP contribution is 2.10. The van der Waals surface area contributed by atoms with E-state index in [1.54, 1.807) is 24.3 Å². The highest BCUT2D eigenvalue weighted by Gasteiger charge is 2.11. The minimum Gasteiger partial charge on any atom is -0.452 e. The number of carbonyl (C=O) groups is 3. The lowest BCUT2D eigenvalue weighted by Gasteiger charge is -2.07. The molecule has 0 aliphatic carbocycles. The van der Waals surface area contributed by atoms with Crippen LogP contribution in [0.15, 0.2) is 48.8 Å². The van der Waals surface area contributed by atoms with Crippen LogP contribution in [0, 0.1) is 0 Å². The summed E-state index contributed by atoms with van der Waals surface area (Å²) in [4.78, 5) is 34.3. The highest BCUT2D eigenvalue weighted by molar-refractivity contribution is 5.92. The fourth-order valence-electron chi connectivity index (χ4n) is 1.81. The van der Waals surface area contributed by atoms with Gasteiger partial charge in [0.25, 0.3) is 5.91 Å². The third-order valence-electron chi connectivity index (χ3n) is 3.06. The minimum atomic E-state index is -0.598. The molecule has 2 aromatic rings. The molecule has 2 rings (SSSR count). The summed E-state index contributed by atoms with van der Waals surface area (Å²) in [6.45, 7) is -0.590. The van der Waals surface area contributed by atoms with Gasteiger partial charge in [-0.3, -0.25) is 9.59 Å². The van der Waals surface area contributed by atoms with Crippen molar-refractivity contribution in [1.29, 1.82) is 0 Å². The molecule has 2 N–H and O–H groups in total. The van der Waals surface area contributed by atoms with E-state index in [-0.39, 0.29) is 12.5 Å². The van der Waals surface area contributed by atoms with E-state index in [1.165, 1.54) is 7.05 Å². The lowest BCUT2D eigenvalue weighted by molar-refractivity contribution is -0.127. The van der Waals surface area contributed by atoms with Crippen LogP contribution in [0.2, 0.25) is 0 Å². The van der Waals surface area contributed by atoms with E-state index in [0.29, 0.717) is 5.56 Å². The fraction of sp³-hybridized carbons (Fsp3) is 0.188. The van der Waals surface area contributed by atoms with Gasteiger partial charge >= 0.3 is 5.97 Å². The number of aromatic nitrogens is 1. The summed E-state index contributed by atoms with van der Waals surface area (Å²) < 4.78 is 6.80. The maximum absolute atomic E-state index is 11.9. The Labute approximate surface area is 133 Å². The van der Waals surface area contributed by atoms with Crippen molar-refractivity contribution in [3.8, 4) is 5.69 Å². The van der Waals surface area contributed by atoms with Crippen molar-refractivity contribution in [3.05, 3.63) is 54.4 Å². The Morgan fingerprint density at radius 2 is 1.70 bits per heavy atom. The maximum Gasteiger partial charge on any atom is 0.338 e.